The lowest BCUT2D eigenvalue weighted by molar-refractivity contribution is -0.116. The summed E-state index contributed by atoms with van der Waals surface area (Å²) in [5.41, 5.74) is 0.301. The Morgan fingerprint density at radius 3 is 2.62 bits per heavy atom. The fraction of sp³-hybridized carbons (Fsp3) is 0.545. The molecule has 1 saturated heterocycles. The Kier molecular flexibility index (Phi) is 4.64. The van der Waals surface area contributed by atoms with Crippen molar-refractivity contribution in [1.29, 1.82) is 0 Å². The molecule has 0 bridgehead atoms. The Hall–Kier alpha value is -1.06. The standard InChI is InChI=1S/C11H16NO8P/c1-5-6(2-3-8(13)12-5)11-10(15)9(14)7(20-11)4-19-21(16,17)18/h2-3,6-7,9-11,14-15H,1,4H2,(H,12,13)(H2,16,17,18)/t6?,7-,9-,10?,11+/m1/s1. The molecule has 5 N–H and O–H groups in total. The first-order valence-corrected chi connectivity index (χ1v) is 7.62. The van der Waals surface area contributed by atoms with Crippen LogP contribution in [0.15, 0.2) is 24.4 Å². The molecule has 0 aromatic carbocycles. The van der Waals surface area contributed by atoms with Crippen LogP contribution in [0.3, 0.4) is 0 Å². The van der Waals surface area contributed by atoms with Crippen molar-refractivity contribution in [2.75, 3.05) is 6.61 Å². The summed E-state index contributed by atoms with van der Waals surface area (Å²) in [7, 11) is -4.70. The smallest absolute Gasteiger partial charge is 0.388 e. The van der Waals surface area contributed by atoms with Crippen LogP contribution in [-0.2, 0) is 18.6 Å². The van der Waals surface area contributed by atoms with E-state index in [0.717, 1.165) is 0 Å². The number of amides is 1. The first kappa shape index (κ1) is 16.3. The zero-order valence-electron chi connectivity index (χ0n) is 10.8. The molecule has 0 aliphatic carbocycles. The lowest BCUT2D eigenvalue weighted by atomic mass is 9.91. The van der Waals surface area contributed by atoms with Crippen LogP contribution in [0.2, 0.25) is 0 Å². The van der Waals surface area contributed by atoms with Gasteiger partial charge in [0.15, 0.2) is 0 Å². The molecule has 2 aliphatic heterocycles. The normalized spacial score (nSPS) is 36.9. The average Bonchev–Trinajstić information content (AvgIpc) is 2.64. The van der Waals surface area contributed by atoms with E-state index in [4.69, 9.17) is 14.5 Å². The van der Waals surface area contributed by atoms with E-state index in [0.29, 0.717) is 5.70 Å². The van der Waals surface area contributed by atoms with Gasteiger partial charge in [0.05, 0.1) is 12.7 Å². The molecule has 2 unspecified atom stereocenters. The summed E-state index contributed by atoms with van der Waals surface area (Å²) in [5.74, 6) is -0.918. The fourth-order valence-electron chi connectivity index (χ4n) is 2.28. The quantitative estimate of drug-likeness (QED) is 0.389. The number of hydrogen-bond acceptors (Lipinski definition) is 6. The van der Waals surface area contributed by atoms with Crippen molar-refractivity contribution in [2.45, 2.75) is 24.4 Å². The number of rotatable bonds is 4. The zero-order chi connectivity index (χ0) is 15.8. The number of carbonyl (C=O) groups excluding carboxylic acids is 1. The Balaban J connectivity index is 2.06. The molecule has 2 heterocycles. The van der Waals surface area contributed by atoms with E-state index >= 15 is 0 Å². The Labute approximate surface area is 120 Å². The van der Waals surface area contributed by atoms with Crippen molar-refractivity contribution >= 4 is 13.7 Å². The van der Waals surface area contributed by atoms with Crippen LogP contribution in [-0.4, -0.2) is 56.9 Å². The summed E-state index contributed by atoms with van der Waals surface area (Å²) in [5, 5.41) is 22.3. The van der Waals surface area contributed by atoms with E-state index in [1.54, 1.807) is 0 Å². The van der Waals surface area contributed by atoms with Crippen molar-refractivity contribution in [2.24, 2.45) is 5.92 Å². The highest BCUT2D eigenvalue weighted by Crippen LogP contribution is 2.38. The van der Waals surface area contributed by atoms with Crippen molar-refractivity contribution in [3.63, 3.8) is 0 Å². The lowest BCUT2D eigenvalue weighted by Gasteiger charge is -2.27. The van der Waals surface area contributed by atoms with Crippen LogP contribution in [0, 0.1) is 5.92 Å². The van der Waals surface area contributed by atoms with E-state index in [2.05, 4.69) is 16.4 Å². The minimum atomic E-state index is -4.70. The van der Waals surface area contributed by atoms with Crippen molar-refractivity contribution in [3.05, 3.63) is 24.4 Å². The highest BCUT2D eigenvalue weighted by atomic mass is 31.2. The minimum absolute atomic E-state index is 0.301. The second-order valence-corrected chi connectivity index (χ2v) is 6.05. The van der Waals surface area contributed by atoms with Crippen LogP contribution in [0.5, 0.6) is 0 Å². The SMILES string of the molecule is C=C1NC(=O)C=CC1[C@@H]1O[C@H](COP(=O)(O)O)[C@@H](O)C1O. The van der Waals surface area contributed by atoms with Gasteiger partial charge in [-0.2, -0.15) is 0 Å². The fourth-order valence-corrected chi connectivity index (χ4v) is 2.62. The predicted molar refractivity (Wildman–Crippen MR) is 68.6 cm³/mol. The zero-order valence-corrected chi connectivity index (χ0v) is 11.7. The molecule has 0 radical (unpaired) electrons. The monoisotopic (exact) mass is 321 g/mol. The van der Waals surface area contributed by atoms with Gasteiger partial charge >= 0.3 is 7.82 Å². The van der Waals surface area contributed by atoms with Gasteiger partial charge in [0, 0.05) is 17.7 Å². The maximum atomic E-state index is 11.1. The molecule has 0 aromatic rings. The molecule has 5 atom stereocenters. The molecule has 10 heteroatoms. The number of phosphoric acid groups is 1. The third-order valence-corrected chi connectivity index (χ3v) is 3.79. The van der Waals surface area contributed by atoms with Gasteiger partial charge in [-0.15, -0.1) is 0 Å². The number of nitrogens with one attached hydrogen (secondary N) is 1. The molecular formula is C11H16NO8P. The van der Waals surface area contributed by atoms with Crippen molar-refractivity contribution in [1.82, 2.24) is 5.32 Å². The number of aliphatic hydroxyl groups is 2. The van der Waals surface area contributed by atoms with Crippen molar-refractivity contribution in [3.8, 4) is 0 Å². The van der Waals surface area contributed by atoms with Gasteiger partial charge in [-0.1, -0.05) is 12.7 Å². The van der Waals surface area contributed by atoms with E-state index in [1.165, 1.54) is 12.2 Å². The molecule has 2 aliphatic rings. The molecule has 9 nitrogen and oxygen atoms in total. The second kappa shape index (κ2) is 5.98. The number of ether oxygens (including phenoxy) is 1. The van der Waals surface area contributed by atoms with E-state index in [-0.39, 0.29) is 5.91 Å². The molecule has 0 aromatic heterocycles. The van der Waals surface area contributed by atoms with E-state index < -0.39 is 44.8 Å². The Bertz CT molecular complexity index is 514. The maximum absolute atomic E-state index is 11.1. The summed E-state index contributed by atoms with van der Waals surface area (Å²) in [6.45, 7) is 3.07. The maximum Gasteiger partial charge on any atom is 0.469 e. The van der Waals surface area contributed by atoms with Gasteiger partial charge in [-0.25, -0.2) is 4.57 Å². The number of hydrogen-bond donors (Lipinski definition) is 5. The molecule has 118 valence electrons. The molecule has 2 rings (SSSR count). The lowest BCUT2D eigenvalue weighted by Crippen LogP contribution is -2.40. The molecule has 1 fully saturated rings. The summed E-state index contributed by atoms with van der Waals surface area (Å²) >= 11 is 0. The highest BCUT2D eigenvalue weighted by molar-refractivity contribution is 7.46. The van der Waals surface area contributed by atoms with E-state index in [9.17, 15) is 19.6 Å². The van der Waals surface area contributed by atoms with Gasteiger partial charge < -0.3 is 30.1 Å². The summed E-state index contributed by atoms with van der Waals surface area (Å²) in [6.07, 6.45) is -1.96. The average molecular weight is 321 g/mol. The van der Waals surface area contributed by atoms with Crippen LogP contribution in [0.1, 0.15) is 0 Å². The summed E-state index contributed by atoms with van der Waals surface area (Å²) < 4.78 is 20.3. The third-order valence-electron chi connectivity index (χ3n) is 3.30. The van der Waals surface area contributed by atoms with Gasteiger partial charge in [0.2, 0.25) is 5.91 Å². The minimum Gasteiger partial charge on any atom is -0.388 e. The summed E-state index contributed by atoms with van der Waals surface area (Å²) in [6, 6.07) is 0. The van der Waals surface area contributed by atoms with Gasteiger partial charge in [-0.05, 0) is 0 Å². The molecule has 21 heavy (non-hydrogen) atoms. The topological polar surface area (TPSA) is 146 Å². The van der Waals surface area contributed by atoms with Gasteiger partial charge in [0.1, 0.15) is 18.3 Å². The second-order valence-electron chi connectivity index (χ2n) is 4.81. The van der Waals surface area contributed by atoms with Crippen LogP contribution in [0.25, 0.3) is 0 Å². The molecule has 0 spiro atoms. The van der Waals surface area contributed by atoms with Crippen LogP contribution in [0.4, 0.5) is 0 Å². The molecular weight excluding hydrogens is 305 g/mol. The van der Waals surface area contributed by atoms with Crippen molar-refractivity contribution < 1.29 is 38.6 Å². The van der Waals surface area contributed by atoms with Crippen LogP contribution < -0.4 is 5.32 Å². The van der Waals surface area contributed by atoms with E-state index in [1.807, 2.05) is 0 Å². The number of carbonyl (C=O) groups is 1. The van der Waals surface area contributed by atoms with Gasteiger partial charge in [-0.3, -0.25) is 9.32 Å². The van der Waals surface area contributed by atoms with Gasteiger partial charge in [0.25, 0.3) is 0 Å². The summed E-state index contributed by atoms with van der Waals surface area (Å²) in [4.78, 5) is 28.4. The predicted octanol–water partition coefficient (Wildman–Crippen LogP) is -1.60. The molecule has 0 saturated carbocycles. The Morgan fingerprint density at radius 2 is 2.05 bits per heavy atom. The Morgan fingerprint density at radius 1 is 1.38 bits per heavy atom. The number of aliphatic hydroxyl groups excluding tert-OH is 2. The third kappa shape index (κ3) is 3.78. The highest BCUT2D eigenvalue weighted by Gasteiger charge is 2.47. The first-order valence-electron chi connectivity index (χ1n) is 6.08. The first-order chi connectivity index (χ1) is 9.69. The largest absolute Gasteiger partial charge is 0.469 e. The number of phosphoric ester groups is 1. The molecule has 1 amide bonds. The van der Waals surface area contributed by atoms with Crippen LogP contribution >= 0.6 is 7.82 Å².